The van der Waals surface area contributed by atoms with Gasteiger partial charge < -0.3 is 42.6 Å². The molecule has 5 aromatic carbocycles. The molecule has 0 radical (unpaired) electrons. The first-order valence-corrected chi connectivity index (χ1v) is 21.4. The number of halogens is 2. The number of nitrogen functional groups attached to an aromatic ring is 1. The van der Waals surface area contributed by atoms with Crippen molar-refractivity contribution in [2.75, 3.05) is 12.8 Å². The molecule has 0 amide bonds. The zero-order valence-electron chi connectivity index (χ0n) is 43.4. The van der Waals surface area contributed by atoms with Crippen molar-refractivity contribution in [2.45, 2.75) is 63.7 Å². The molecule has 26 nitrogen and oxygen atoms in total. The molecular formula is C38H59Cl2N9Na4O17P4S3. The Morgan fingerprint density at radius 2 is 0.961 bits per heavy atom. The number of nitrogens with two attached hydrogens (primary N) is 1. The van der Waals surface area contributed by atoms with Crippen LogP contribution in [0, 0.1) is 59.7 Å². The van der Waals surface area contributed by atoms with E-state index in [1.807, 2.05) is 64.1 Å². The Kier molecular flexibility index (Phi) is 94.8. The summed E-state index contributed by atoms with van der Waals surface area (Å²) < 4.78 is 67.7. The molecule has 0 spiro atoms. The minimum absolute atomic E-state index is 0. The van der Waals surface area contributed by atoms with Gasteiger partial charge in [-0.25, -0.2) is 16.8 Å². The van der Waals surface area contributed by atoms with Crippen molar-refractivity contribution in [2.24, 2.45) is 15.6 Å². The largest absolute Gasteiger partial charge is 1.00 e. The van der Waals surface area contributed by atoms with Crippen molar-refractivity contribution in [3.05, 3.63) is 172 Å². The third kappa shape index (κ3) is 52.7. The van der Waals surface area contributed by atoms with E-state index in [9.17, 15) is 61.5 Å². The van der Waals surface area contributed by atoms with Gasteiger partial charge in [-0.05, 0) is 26.0 Å². The maximum atomic E-state index is 10.6. The number of benzene rings is 5. The minimum atomic E-state index is -4.91. The van der Waals surface area contributed by atoms with Gasteiger partial charge in [0, 0.05) is 55.2 Å². The van der Waals surface area contributed by atoms with Crippen LogP contribution in [0.4, 0.5) is 34.1 Å². The molecule has 0 aromatic heterocycles. The number of diazo groups is 1. The third-order valence-electron chi connectivity index (χ3n) is 6.40. The van der Waals surface area contributed by atoms with Gasteiger partial charge in [-0.3, -0.25) is 35.4 Å². The van der Waals surface area contributed by atoms with Gasteiger partial charge in [0.15, 0.2) is 9.87 Å². The van der Waals surface area contributed by atoms with Crippen molar-refractivity contribution < 1.29 is 186 Å². The van der Waals surface area contributed by atoms with Crippen LogP contribution in [0.15, 0.2) is 146 Å². The minimum Gasteiger partial charge on any atom is -1.00 e. The van der Waals surface area contributed by atoms with Crippen molar-refractivity contribution in [3.63, 3.8) is 0 Å². The number of non-ortho nitro benzene ring substituents is 3. The molecule has 77 heavy (non-hydrogen) atoms. The number of nitro groups is 3. The Morgan fingerprint density at radius 3 is 1.25 bits per heavy atom. The first-order chi connectivity index (χ1) is 31.1. The normalized spacial score (nSPS) is 8.27. The van der Waals surface area contributed by atoms with Crippen molar-refractivity contribution in [3.8, 4) is 0 Å². The van der Waals surface area contributed by atoms with Crippen LogP contribution >= 0.6 is 64.0 Å². The summed E-state index contributed by atoms with van der Waals surface area (Å²) in [5, 5.41) is 68.5. The van der Waals surface area contributed by atoms with Gasteiger partial charge in [-0.15, -0.1) is 17.7 Å². The number of nitro benzene ring substituents is 3. The molecule has 5 aromatic rings. The number of hydrogen-bond acceptors (Lipinski definition) is 23. The number of aryl methyl sites for hydroxylation is 2. The smallest absolute Gasteiger partial charge is 1.00 e. The van der Waals surface area contributed by atoms with Crippen LogP contribution in [0.5, 0.6) is 0 Å². The number of rotatable bonds is 9. The maximum absolute atomic E-state index is 10.6. The SMILES string of the molecule is C.CC.CC.CN=Nc1ccc([N+](=O)[O-])cc1SOO[O-].Cc1ccccc1.Cc1ccccc1.Cl.N#[N+]c1ccc([N+](=O)[O-])cc1S(=O)(=O)[O-].Nc1ccc([N+](=O)[O-])cc1S(=O)(=O)[O-].O=N[O-].P.P.P.P.[Cl-].[Na+].[Na+].[Na+].[Na+]. The Morgan fingerprint density at radius 1 is 0.636 bits per heavy atom. The molecule has 5 rings (SSSR count). The molecule has 0 fully saturated rings. The van der Waals surface area contributed by atoms with E-state index in [1.165, 1.54) is 36.4 Å². The molecule has 2 N–H and O–H groups in total. The summed E-state index contributed by atoms with van der Waals surface area (Å²) >= 11 is 0.526. The molecule has 0 bridgehead atoms. The van der Waals surface area contributed by atoms with E-state index in [4.69, 9.17) is 21.2 Å². The fraction of sp³-hybridized carbons (Fsp3) is 0.211. The molecule has 0 saturated carbocycles. The van der Waals surface area contributed by atoms with Crippen LogP contribution in [0.3, 0.4) is 0 Å². The van der Waals surface area contributed by atoms with Gasteiger partial charge in [-0.1, -0.05) is 107 Å². The summed E-state index contributed by atoms with van der Waals surface area (Å²) in [4.78, 5) is 37.9. The van der Waals surface area contributed by atoms with E-state index < -0.39 is 61.9 Å². The second-order valence-electron chi connectivity index (χ2n) is 10.7. The number of anilines is 1. The Balaban J connectivity index is -0.0000000515. The number of azo groups is 1. The summed E-state index contributed by atoms with van der Waals surface area (Å²) in [5.74, 6) is 0. The Labute approximate surface area is 566 Å². The van der Waals surface area contributed by atoms with Crippen LogP contribution < -0.4 is 142 Å². The summed E-state index contributed by atoms with van der Waals surface area (Å²) in [6.45, 7) is 12.2. The zero-order valence-corrected chi connectivity index (χ0v) is 61.1. The van der Waals surface area contributed by atoms with E-state index in [1.54, 1.807) is 0 Å². The standard InChI is InChI=1S/C7H7N3O5S.2C7H8.C6H3N3O5S.C6H6N2O5S.2C2H6.CH4.2ClH.HNO2.4Na.4H3P/c1-8-9-6-3-2-5(10(11)12)4-7(6)16-15-14-13;2*1-7-5-3-2-4-6-7;7-8-5-2-1-4(9(10)11)3-6(5)15(12,13)14;7-5-2-1-4(8(9)10)3-6(5)14(11,12)13;2*1-2;;;;2-1-3;;;;;;;;/h2-4,13H,1H3;2*2-6H,1H3;1-3H;1-3H,7H2,(H,11,12,13);2*1-2H3;1H4;2*1H;(H,2,3);;;;;4*1H3/q;;;;;;;;;;;4*+1;;;;/p-4. The van der Waals surface area contributed by atoms with E-state index in [0.29, 0.717) is 29.9 Å². The predicted molar refractivity (Wildman–Crippen MR) is 295 cm³/mol. The third-order valence-corrected chi connectivity index (χ3v) is 8.79. The molecule has 0 aliphatic carbocycles. The van der Waals surface area contributed by atoms with E-state index >= 15 is 0 Å². The molecule has 414 valence electrons. The summed E-state index contributed by atoms with van der Waals surface area (Å²) in [6, 6.07) is 29.4. The number of nitrogens with zero attached hydrogens (tertiary/aromatic N) is 8. The van der Waals surface area contributed by atoms with Crippen molar-refractivity contribution in [1.29, 1.82) is 5.39 Å². The molecular weight excluding hydrogens is 1240 g/mol. The fourth-order valence-electron chi connectivity index (χ4n) is 3.75. The van der Waals surface area contributed by atoms with Gasteiger partial charge in [0.1, 0.15) is 25.9 Å². The average molecular weight is 1300 g/mol. The monoisotopic (exact) mass is 1300 g/mol. The van der Waals surface area contributed by atoms with Crippen LogP contribution in [-0.2, 0) is 29.6 Å². The molecule has 4 atom stereocenters. The van der Waals surface area contributed by atoms with E-state index in [2.05, 4.69) is 62.7 Å². The summed E-state index contributed by atoms with van der Waals surface area (Å²) in [6.07, 6.45) is 0. The van der Waals surface area contributed by atoms with Crippen LogP contribution in [-0.4, -0.2) is 47.8 Å². The first-order valence-electron chi connectivity index (χ1n) is 17.9. The summed E-state index contributed by atoms with van der Waals surface area (Å²) in [7, 11) is -8.23. The molecule has 0 saturated heterocycles. The predicted octanol–water partition coefficient (Wildman–Crippen LogP) is -4.79. The second-order valence-corrected chi connectivity index (χ2v) is 14.1. The van der Waals surface area contributed by atoms with Crippen molar-refractivity contribution in [1.82, 2.24) is 0 Å². The van der Waals surface area contributed by atoms with Crippen LogP contribution in [0.25, 0.3) is 4.98 Å². The quantitative estimate of drug-likeness (QED) is 0.0124. The van der Waals surface area contributed by atoms with Gasteiger partial charge in [0.25, 0.3) is 17.1 Å². The Hall–Kier alpha value is -1.13. The van der Waals surface area contributed by atoms with Crippen LogP contribution in [0.2, 0.25) is 0 Å². The maximum Gasteiger partial charge on any atom is 1.00 e. The van der Waals surface area contributed by atoms with Gasteiger partial charge in [0.05, 0.1) is 36.6 Å². The van der Waals surface area contributed by atoms with E-state index in [-0.39, 0.29) is 206 Å². The molecule has 4 unspecified atom stereocenters. The number of hydrogen-bond donors (Lipinski definition) is 1. The van der Waals surface area contributed by atoms with Crippen molar-refractivity contribution >= 4 is 118 Å². The van der Waals surface area contributed by atoms with Gasteiger partial charge in [0.2, 0.25) is 5.39 Å². The van der Waals surface area contributed by atoms with Gasteiger partial charge >= 0.3 is 124 Å². The topological polar surface area (TPSA) is 417 Å². The first kappa shape index (κ1) is 111. The molecule has 0 heterocycles. The van der Waals surface area contributed by atoms with Gasteiger partial charge in [-0.2, -0.15) is 54.2 Å². The van der Waals surface area contributed by atoms with E-state index in [0.717, 1.165) is 29.6 Å². The Bertz CT molecular complexity index is 2570. The molecule has 0 aliphatic heterocycles. The molecule has 0 aliphatic rings. The van der Waals surface area contributed by atoms with Crippen LogP contribution in [0.1, 0.15) is 46.2 Å². The molecule has 39 heteroatoms. The average Bonchev–Trinajstić information content (AvgIpc) is 3.28. The second kappa shape index (κ2) is 65.7. The fourth-order valence-corrected chi connectivity index (χ4v) is 5.46. The summed E-state index contributed by atoms with van der Waals surface area (Å²) in [5.41, 5.74) is 6.12. The zero-order chi connectivity index (χ0) is 51.5.